The standard InChI is InChI=1S/C20H16Cl2N2O4S2/c1-10-15(20(27)28-2)19(24-14(25)9-11-5-4-8-29-11)30-17(10)18(26)23-13-7-3-6-12(21)16(13)22/h3-8H,9H2,1-2H3,(H,23,26)(H,24,25). The van der Waals surface area contributed by atoms with Gasteiger partial charge in [-0.25, -0.2) is 4.79 Å². The molecule has 1 aromatic carbocycles. The smallest absolute Gasteiger partial charge is 0.341 e. The predicted molar refractivity (Wildman–Crippen MR) is 121 cm³/mol. The molecular formula is C20H16Cl2N2O4S2. The number of anilines is 2. The summed E-state index contributed by atoms with van der Waals surface area (Å²) in [4.78, 5) is 38.7. The average molecular weight is 483 g/mol. The van der Waals surface area contributed by atoms with Crippen LogP contribution in [-0.4, -0.2) is 24.9 Å². The molecule has 2 N–H and O–H groups in total. The topological polar surface area (TPSA) is 84.5 Å². The predicted octanol–water partition coefficient (Wildman–Crippen LogP) is 5.64. The Morgan fingerprint density at radius 2 is 1.87 bits per heavy atom. The maximum Gasteiger partial charge on any atom is 0.341 e. The van der Waals surface area contributed by atoms with Crippen molar-refractivity contribution in [3.05, 3.63) is 66.6 Å². The summed E-state index contributed by atoms with van der Waals surface area (Å²) >= 11 is 14.6. The van der Waals surface area contributed by atoms with E-state index in [2.05, 4.69) is 10.6 Å². The summed E-state index contributed by atoms with van der Waals surface area (Å²) in [5.41, 5.74) is 0.878. The lowest BCUT2D eigenvalue weighted by atomic mass is 10.1. The number of carbonyl (C=O) groups is 3. The van der Waals surface area contributed by atoms with E-state index in [0.717, 1.165) is 16.2 Å². The van der Waals surface area contributed by atoms with Crippen LogP contribution in [0, 0.1) is 6.92 Å². The molecule has 0 spiro atoms. The van der Waals surface area contributed by atoms with Gasteiger partial charge in [0.2, 0.25) is 5.91 Å². The summed E-state index contributed by atoms with van der Waals surface area (Å²) in [6.45, 7) is 1.62. The zero-order chi connectivity index (χ0) is 21.8. The first-order valence-corrected chi connectivity index (χ1v) is 11.1. The van der Waals surface area contributed by atoms with Crippen LogP contribution in [0.25, 0.3) is 0 Å². The first-order chi connectivity index (χ1) is 14.3. The molecule has 2 amide bonds. The van der Waals surface area contributed by atoms with E-state index in [4.69, 9.17) is 27.9 Å². The molecule has 6 nitrogen and oxygen atoms in total. The Bertz CT molecular complexity index is 1110. The number of methoxy groups -OCH3 is 1. The summed E-state index contributed by atoms with van der Waals surface area (Å²) in [7, 11) is 1.24. The highest BCUT2D eigenvalue weighted by atomic mass is 35.5. The molecule has 10 heteroatoms. The van der Waals surface area contributed by atoms with Gasteiger partial charge in [-0.15, -0.1) is 22.7 Å². The van der Waals surface area contributed by atoms with Crippen molar-refractivity contribution in [3.63, 3.8) is 0 Å². The van der Waals surface area contributed by atoms with E-state index >= 15 is 0 Å². The van der Waals surface area contributed by atoms with Gasteiger partial charge in [-0.2, -0.15) is 0 Å². The zero-order valence-electron chi connectivity index (χ0n) is 15.9. The van der Waals surface area contributed by atoms with E-state index in [-0.39, 0.29) is 32.8 Å². The second-order valence-electron chi connectivity index (χ2n) is 6.11. The fourth-order valence-electron chi connectivity index (χ4n) is 2.69. The summed E-state index contributed by atoms with van der Waals surface area (Å²) in [5.74, 6) is -1.42. The van der Waals surface area contributed by atoms with Crippen molar-refractivity contribution in [2.45, 2.75) is 13.3 Å². The highest BCUT2D eigenvalue weighted by Gasteiger charge is 2.27. The zero-order valence-corrected chi connectivity index (χ0v) is 19.0. The van der Waals surface area contributed by atoms with Gasteiger partial charge in [0.05, 0.1) is 39.7 Å². The molecule has 0 radical (unpaired) electrons. The highest BCUT2D eigenvalue weighted by molar-refractivity contribution is 7.19. The Kier molecular flexibility index (Phi) is 7.14. The van der Waals surface area contributed by atoms with Crippen molar-refractivity contribution in [2.24, 2.45) is 0 Å². The van der Waals surface area contributed by atoms with Gasteiger partial charge >= 0.3 is 5.97 Å². The maximum absolute atomic E-state index is 12.9. The average Bonchev–Trinajstić information content (AvgIpc) is 3.32. The molecule has 0 bridgehead atoms. The van der Waals surface area contributed by atoms with Gasteiger partial charge in [-0.05, 0) is 36.1 Å². The molecule has 30 heavy (non-hydrogen) atoms. The molecule has 0 aliphatic carbocycles. The Hall–Kier alpha value is -2.39. The van der Waals surface area contributed by atoms with Crippen molar-refractivity contribution < 1.29 is 19.1 Å². The van der Waals surface area contributed by atoms with Crippen LogP contribution in [0.1, 0.15) is 30.5 Å². The molecular weight excluding hydrogens is 467 g/mol. The quantitative estimate of drug-likeness (QED) is 0.444. The summed E-state index contributed by atoms with van der Waals surface area (Å²) in [6, 6.07) is 8.57. The lowest BCUT2D eigenvalue weighted by molar-refractivity contribution is -0.115. The van der Waals surface area contributed by atoms with E-state index in [9.17, 15) is 14.4 Å². The van der Waals surface area contributed by atoms with Crippen LogP contribution < -0.4 is 10.6 Å². The molecule has 3 aromatic rings. The van der Waals surface area contributed by atoms with Crippen molar-refractivity contribution in [1.82, 2.24) is 0 Å². The molecule has 0 unspecified atom stereocenters. The molecule has 0 saturated heterocycles. The summed E-state index contributed by atoms with van der Waals surface area (Å²) < 4.78 is 4.84. The molecule has 2 aromatic heterocycles. The second-order valence-corrected chi connectivity index (χ2v) is 8.95. The number of hydrogen-bond acceptors (Lipinski definition) is 6. The minimum atomic E-state index is -0.644. The minimum Gasteiger partial charge on any atom is -0.465 e. The fraction of sp³-hybridized carbons (Fsp3) is 0.150. The third kappa shape index (κ3) is 4.84. The van der Waals surface area contributed by atoms with E-state index in [1.807, 2.05) is 17.5 Å². The number of benzene rings is 1. The number of halogens is 2. The lowest BCUT2D eigenvalue weighted by Gasteiger charge is -2.07. The summed E-state index contributed by atoms with van der Waals surface area (Å²) in [5, 5.41) is 8.05. The fourth-order valence-corrected chi connectivity index (χ4v) is 4.85. The number of nitrogens with one attached hydrogen (secondary N) is 2. The number of esters is 1. The van der Waals surface area contributed by atoms with Gasteiger partial charge in [-0.3, -0.25) is 9.59 Å². The molecule has 2 heterocycles. The van der Waals surface area contributed by atoms with Crippen LogP contribution in [0.4, 0.5) is 10.7 Å². The number of rotatable bonds is 6. The van der Waals surface area contributed by atoms with E-state index in [1.54, 1.807) is 25.1 Å². The largest absolute Gasteiger partial charge is 0.465 e. The molecule has 0 saturated carbocycles. The Morgan fingerprint density at radius 3 is 2.53 bits per heavy atom. The van der Waals surface area contributed by atoms with Crippen LogP contribution in [-0.2, 0) is 16.0 Å². The van der Waals surface area contributed by atoms with Crippen LogP contribution in [0.2, 0.25) is 10.0 Å². The van der Waals surface area contributed by atoms with Gasteiger partial charge in [0.25, 0.3) is 5.91 Å². The van der Waals surface area contributed by atoms with Crippen molar-refractivity contribution in [2.75, 3.05) is 17.7 Å². The normalized spacial score (nSPS) is 10.5. The van der Waals surface area contributed by atoms with E-state index in [1.165, 1.54) is 18.4 Å². The number of thiophene rings is 2. The molecule has 3 rings (SSSR count). The van der Waals surface area contributed by atoms with Crippen molar-refractivity contribution >= 4 is 74.3 Å². The van der Waals surface area contributed by atoms with Gasteiger partial charge < -0.3 is 15.4 Å². The van der Waals surface area contributed by atoms with Gasteiger partial charge in [0.1, 0.15) is 5.00 Å². The Labute approximate surface area is 190 Å². The molecule has 0 aliphatic heterocycles. The SMILES string of the molecule is COC(=O)c1c(NC(=O)Cc2cccs2)sc(C(=O)Nc2cccc(Cl)c2Cl)c1C. The lowest BCUT2D eigenvalue weighted by Crippen LogP contribution is -2.15. The third-order valence-corrected chi connectivity index (χ3v) is 7.01. The van der Waals surface area contributed by atoms with Crippen LogP contribution in [0.3, 0.4) is 0 Å². The van der Waals surface area contributed by atoms with Crippen LogP contribution in [0.5, 0.6) is 0 Å². The maximum atomic E-state index is 12.9. The van der Waals surface area contributed by atoms with Gasteiger partial charge in [-0.1, -0.05) is 35.3 Å². The van der Waals surface area contributed by atoms with E-state index < -0.39 is 11.9 Å². The van der Waals surface area contributed by atoms with Crippen LogP contribution in [0.15, 0.2) is 35.7 Å². The first kappa shape index (κ1) is 22.3. The number of carbonyl (C=O) groups excluding carboxylic acids is 3. The number of hydrogen-bond donors (Lipinski definition) is 2. The Morgan fingerprint density at radius 1 is 1.10 bits per heavy atom. The van der Waals surface area contributed by atoms with Gasteiger partial charge in [0.15, 0.2) is 0 Å². The molecule has 0 aliphatic rings. The van der Waals surface area contributed by atoms with Crippen molar-refractivity contribution in [1.29, 1.82) is 0 Å². The monoisotopic (exact) mass is 482 g/mol. The van der Waals surface area contributed by atoms with E-state index in [0.29, 0.717) is 16.3 Å². The third-order valence-electron chi connectivity index (χ3n) is 4.11. The minimum absolute atomic E-state index is 0.143. The highest BCUT2D eigenvalue weighted by Crippen LogP contribution is 2.36. The molecule has 0 atom stereocenters. The number of amides is 2. The molecule has 0 fully saturated rings. The molecule has 156 valence electrons. The first-order valence-electron chi connectivity index (χ1n) is 8.61. The number of ether oxygens (including phenoxy) is 1. The van der Waals surface area contributed by atoms with Crippen molar-refractivity contribution in [3.8, 4) is 0 Å². The second kappa shape index (κ2) is 9.61. The Balaban J connectivity index is 1.89. The summed E-state index contributed by atoms with van der Waals surface area (Å²) in [6.07, 6.45) is 0.162. The van der Waals surface area contributed by atoms with Crippen LogP contribution >= 0.6 is 45.9 Å². The van der Waals surface area contributed by atoms with Gasteiger partial charge in [0, 0.05) is 4.88 Å².